The highest BCUT2D eigenvalue weighted by Gasteiger charge is 2.23. The number of aryl methyl sites for hydroxylation is 2. The summed E-state index contributed by atoms with van der Waals surface area (Å²) in [6.45, 7) is 21.5. The van der Waals surface area contributed by atoms with Crippen LogP contribution in [0.5, 0.6) is 0 Å². The molecule has 144 valence electrons. The molecule has 0 unspecified atom stereocenters. The fraction of sp³-hybridized carbons (Fsp3) is 0.259. The zero-order valence-corrected chi connectivity index (χ0v) is 18.0. The summed E-state index contributed by atoms with van der Waals surface area (Å²) in [6, 6.07) is 0. The summed E-state index contributed by atoms with van der Waals surface area (Å²) >= 11 is 0. The molecule has 1 heterocycles. The number of rotatable bonds is 3. The van der Waals surface area contributed by atoms with Gasteiger partial charge in [0.05, 0.1) is 0 Å². The molecule has 0 N–H and O–H groups in total. The molecular weight excluding hydrogens is 340 g/mol. The molecule has 0 amide bonds. The molecule has 1 aromatic carbocycles. The van der Waals surface area contributed by atoms with E-state index in [9.17, 15) is 0 Å². The Hall–Kier alpha value is -2.80. The molecule has 0 bridgehead atoms. The minimum Gasteiger partial charge on any atom is -0.460 e. The first kappa shape index (κ1) is 19.9. The first-order chi connectivity index (χ1) is 13.4. The van der Waals surface area contributed by atoms with Crippen molar-refractivity contribution in [1.82, 2.24) is 0 Å². The molecule has 2 aromatic rings. The van der Waals surface area contributed by atoms with E-state index in [1.165, 1.54) is 16.7 Å². The second kappa shape index (κ2) is 7.67. The lowest BCUT2D eigenvalue weighted by molar-refractivity contribution is 0.575. The van der Waals surface area contributed by atoms with Crippen molar-refractivity contribution >= 4 is 35.3 Å². The average molecular weight is 371 g/mol. The summed E-state index contributed by atoms with van der Waals surface area (Å²) in [5.74, 6) is 0.937. The van der Waals surface area contributed by atoms with E-state index >= 15 is 0 Å². The van der Waals surface area contributed by atoms with Crippen molar-refractivity contribution in [2.75, 3.05) is 0 Å². The number of allylic oxidation sites excluding steroid dienone is 7. The van der Waals surface area contributed by atoms with E-state index in [2.05, 4.69) is 70.4 Å². The lowest BCUT2D eigenvalue weighted by atomic mass is 9.92. The van der Waals surface area contributed by atoms with Crippen LogP contribution >= 0.6 is 0 Å². The van der Waals surface area contributed by atoms with E-state index in [1.54, 1.807) is 0 Å². The smallest absolute Gasteiger partial charge is 0.139 e. The second-order valence-corrected chi connectivity index (χ2v) is 7.52. The Morgan fingerprint density at radius 3 is 2.07 bits per heavy atom. The maximum absolute atomic E-state index is 6.29. The zero-order valence-electron chi connectivity index (χ0n) is 18.0. The molecule has 0 saturated carbocycles. The zero-order chi connectivity index (χ0) is 20.6. The SMILES string of the molecule is C=C1CC(C)=C(/C=C\C)/C1=c1/c(=C)c(/C=C\C)c(C)c2oc(C)c(/C=C\C)c12. The highest BCUT2D eigenvalue weighted by atomic mass is 16.3. The first-order valence-electron chi connectivity index (χ1n) is 9.92. The van der Waals surface area contributed by atoms with Crippen molar-refractivity contribution in [3.05, 3.63) is 80.5 Å². The Bertz CT molecular complexity index is 1200. The summed E-state index contributed by atoms with van der Waals surface area (Å²) in [7, 11) is 0. The number of hydrogen-bond acceptors (Lipinski definition) is 1. The molecule has 0 radical (unpaired) electrons. The van der Waals surface area contributed by atoms with Crippen LogP contribution in [0, 0.1) is 13.8 Å². The van der Waals surface area contributed by atoms with Crippen LogP contribution in [-0.2, 0) is 0 Å². The van der Waals surface area contributed by atoms with Crippen molar-refractivity contribution in [2.24, 2.45) is 0 Å². The average Bonchev–Trinajstić information content (AvgIpc) is 3.11. The lowest BCUT2D eigenvalue weighted by Gasteiger charge is -2.11. The predicted molar refractivity (Wildman–Crippen MR) is 125 cm³/mol. The number of fused-ring (bicyclic) bond motifs is 1. The Kier molecular flexibility index (Phi) is 5.47. The first-order valence-corrected chi connectivity index (χ1v) is 9.92. The molecule has 28 heavy (non-hydrogen) atoms. The molecule has 0 fully saturated rings. The van der Waals surface area contributed by atoms with Crippen molar-refractivity contribution in [2.45, 2.75) is 48.0 Å². The standard InChI is InChI=1S/C27H30O/c1-9-12-21-16(4)15-17(5)24(21)25-18(6)22(13-10-2)19(7)27-26(25)23(14-11-3)20(8)28-27/h9-14H,5-6,15H2,1-4,7-8H3/b12-9-,13-10-,14-11-,25-24-. The number of furan rings is 1. The van der Waals surface area contributed by atoms with E-state index in [0.29, 0.717) is 0 Å². The van der Waals surface area contributed by atoms with Crippen LogP contribution in [0.2, 0.25) is 0 Å². The van der Waals surface area contributed by atoms with Crippen molar-refractivity contribution < 1.29 is 4.42 Å². The van der Waals surface area contributed by atoms with Crippen molar-refractivity contribution in [3.63, 3.8) is 0 Å². The van der Waals surface area contributed by atoms with Gasteiger partial charge in [-0.05, 0) is 75.5 Å². The van der Waals surface area contributed by atoms with Gasteiger partial charge in [-0.2, -0.15) is 0 Å². The molecule has 0 spiro atoms. The topological polar surface area (TPSA) is 13.1 Å². The third-order valence-corrected chi connectivity index (χ3v) is 5.56. The van der Waals surface area contributed by atoms with Crippen LogP contribution in [0.1, 0.15) is 56.6 Å². The Labute approximate surface area is 168 Å². The molecule has 0 aliphatic heterocycles. The van der Waals surface area contributed by atoms with Gasteiger partial charge in [0.2, 0.25) is 0 Å². The Morgan fingerprint density at radius 2 is 1.46 bits per heavy atom. The molecule has 1 nitrogen and oxygen atoms in total. The summed E-state index contributed by atoms with van der Waals surface area (Å²) in [4.78, 5) is 0. The van der Waals surface area contributed by atoms with Crippen LogP contribution in [0.4, 0.5) is 0 Å². The Balaban J connectivity index is 2.74. The van der Waals surface area contributed by atoms with Crippen LogP contribution in [0.3, 0.4) is 0 Å². The van der Waals surface area contributed by atoms with Gasteiger partial charge >= 0.3 is 0 Å². The number of benzene rings is 1. The highest BCUT2D eigenvalue weighted by molar-refractivity contribution is 5.98. The van der Waals surface area contributed by atoms with Gasteiger partial charge in [-0.15, -0.1) is 0 Å². The normalized spacial score (nSPS) is 17.6. The van der Waals surface area contributed by atoms with E-state index in [0.717, 1.165) is 55.9 Å². The van der Waals surface area contributed by atoms with Crippen LogP contribution in [0.15, 0.2) is 52.0 Å². The largest absolute Gasteiger partial charge is 0.460 e. The lowest BCUT2D eigenvalue weighted by Crippen LogP contribution is -2.31. The monoisotopic (exact) mass is 370 g/mol. The quantitative estimate of drug-likeness (QED) is 0.599. The molecule has 1 aliphatic rings. The van der Waals surface area contributed by atoms with Gasteiger partial charge < -0.3 is 4.42 Å². The van der Waals surface area contributed by atoms with E-state index in [4.69, 9.17) is 4.42 Å². The molecule has 0 saturated heterocycles. The van der Waals surface area contributed by atoms with Gasteiger partial charge in [0, 0.05) is 21.7 Å². The molecule has 3 rings (SSSR count). The summed E-state index contributed by atoms with van der Waals surface area (Å²) in [5.41, 5.74) is 9.34. The van der Waals surface area contributed by atoms with E-state index in [1.807, 2.05) is 20.8 Å². The summed E-state index contributed by atoms with van der Waals surface area (Å²) < 4.78 is 6.29. The van der Waals surface area contributed by atoms with Gasteiger partial charge in [-0.25, -0.2) is 0 Å². The minimum atomic E-state index is 0.901. The predicted octanol–water partition coefficient (Wildman–Crippen LogP) is 6.53. The van der Waals surface area contributed by atoms with Gasteiger partial charge in [-0.1, -0.05) is 55.2 Å². The fourth-order valence-electron chi connectivity index (χ4n) is 4.35. The Morgan fingerprint density at radius 1 is 0.857 bits per heavy atom. The summed E-state index contributed by atoms with van der Waals surface area (Å²) in [5, 5.41) is 3.36. The number of hydrogen-bond donors (Lipinski definition) is 0. The van der Waals surface area contributed by atoms with Crippen LogP contribution < -0.4 is 10.4 Å². The van der Waals surface area contributed by atoms with Crippen molar-refractivity contribution in [3.8, 4) is 0 Å². The van der Waals surface area contributed by atoms with Gasteiger partial charge in [0.25, 0.3) is 0 Å². The fourth-order valence-corrected chi connectivity index (χ4v) is 4.35. The third-order valence-electron chi connectivity index (χ3n) is 5.56. The maximum Gasteiger partial charge on any atom is 0.139 e. The van der Waals surface area contributed by atoms with Gasteiger partial charge in [0.1, 0.15) is 11.3 Å². The third kappa shape index (κ3) is 2.96. The van der Waals surface area contributed by atoms with E-state index in [-0.39, 0.29) is 0 Å². The molecular formula is C27H30O. The molecule has 1 aliphatic carbocycles. The second-order valence-electron chi connectivity index (χ2n) is 7.52. The molecule has 1 heteroatoms. The summed E-state index contributed by atoms with van der Waals surface area (Å²) in [6.07, 6.45) is 13.6. The highest BCUT2D eigenvalue weighted by Crippen LogP contribution is 2.37. The van der Waals surface area contributed by atoms with E-state index < -0.39 is 0 Å². The molecule has 0 atom stereocenters. The van der Waals surface area contributed by atoms with Gasteiger partial charge in [0.15, 0.2) is 0 Å². The minimum absolute atomic E-state index is 0.901. The maximum atomic E-state index is 6.29. The van der Waals surface area contributed by atoms with Crippen LogP contribution in [0.25, 0.3) is 35.3 Å². The van der Waals surface area contributed by atoms with Crippen LogP contribution in [-0.4, -0.2) is 0 Å². The van der Waals surface area contributed by atoms with Crippen molar-refractivity contribution in [1.29, 1.82) is 0 Å². The molecule has 1 aromatic heterocycles. The van der Waals surface area contributed by atoms with Gasteiger partial charge in [-0.3, -0.25) is 0 Å².